The average Bonchev–Trinajstić information content (AvgIpc) is 3.04. The van der Waals surface area contributed by atoms with E-state index in [0.717, 1.165) is 12.8 Å². The number of nitrogens with one attached hydrogen (secondary N) is 1. The van der Waals surface area contributed by atoms with Gasteiger partial charge in [0.15, 0.2) is 0 Å². The van der Waals surface area contributed by atoms with Gasteiger partial charge in [-0.3, -0.25) is 9.59 Å². The highest BCUT2D eigenvalue weighted by molar-refractivity contribution is 5.89. The normalized spacial score (nSPS) is 17.0. The summed E-state index contributed by atoms with van der Waals surface area (Å²) in [6.45, 7) is 2.99. The molecule has 2 amide bonds. The van der Waals surface area contributed by atoms with Gasteiger partial charge in [0.25, 0.3) is 0 Å². The van der Waals surface area contributed by atoms with Crippen LogP contribution in [0.3, 0.4) is 0 Å². The van der Waals surface area contributed by atoms with Gasteiger partial charge in [-0.1, -0.05) is 0 Å². The van der Waals surface area contributed by atoms with Crippen molar-refractivity contribution < 1.29 is 9.59 Å². The Balaban J connectivity index is 2.31. The summed E-state index contributed by atoms with van der Waals surface area (Å²) in [5, 5.41) is 2.64. The van der Waals surface area contributed by atoms with E-state index in [9.17, 15) is 9.59 Å². The van der Waals surface area contributed by atoms with Crippen molar-refractivity contribution in [1.29, 1.82) is 0 Å². The molecular formula is C10H19N3O2. The molecule has 0 aromatic heterocycles. The molecule has 3 N–H and O–H groups in total. The second-order valence-electron chi connectivity index (χ2n) is 4.08. The highest BCUT2D eigenvalue weighted by Crippen LogP contribution is 2.44. The molecule has 5 heteroatoms. The van der Waals surface area contributed by atoms with E-state index in [1.54, 1.807) is 11.9 Å². The van der Waals surface area contributed by atoms with E-state index in [2.05, 4.69) is 5.32 Å². The maximum absolute atomic E-state index is 11.6. The number of carbonyl (C=O) groups is 2. The van der Waals surface area contributed by atoms with Crippen LogP contribution in [0, 0.1) is 5.41 Å². The van der Waals surface area contributed by atoms with Crippen molar-refractivity contribution in [3.05, 3.63) is 0 Å². The van der Waals surface area contributed by atoms with Gasteiger partial charge in [0.1, 0.15) is 0 Å². The van der Waals surface area contributed by atoms with Gasteiger partial charge in [0.05, 0.1) is 12.0 Å². The highest BCUT2D eigenvalue weighted by atomic mass is 16.2. The van der Waals surface area contributed by atoms with Crippen LogP contribution in [0.1, 0.15) is 19.8 Å². The number of nitrogens with zero attached hydrogens (tertiary/aromatic N) is 1. The maximum atomic E-state index is 11.6. The average molecular weight is 213 g/mol. The van der Waals surface area contributed by atoms with Crippen LogP contribution in [0.25, 0.3) is 0 Å². The number of likely N-dealkylation sites (N-methyl/N-ethyl adjacent to an activating group) is 1. The van der Waals surface area contributed by atoms with E-state index in [0.29, 0.717) is 13.1 Å². The van der Waals surface area contributed by atoms with Crippen molar-refractivity contribution in [2.45, 2.75) is 19.8 Å². The number of carbonyl (C=O) groups excluding carboxylic acids is 2. The summed E-state index contributed by atoms with van der Waals surface area (Å²) in [4.78, 5) is 24.6. The number of hydrogen-bond donors (Lipinski definition) is 2. The lowest BCUT2D eigenvalue weighted by Crippen LogP contribution is -2.42. The molecule has 5 nitrogen and oxygen atoms in total. The summed E-state index contributed by atoms with van der Waals surface area (Å²) >= 11 is 0. The van der Waals surface area contributed by atoms with Gasteiger partial charge < -0.3 is 16.0 Å². The van der Waals surface area contributed by atoms with Gasteiger partial charge in [0.2, 0.25) is 11.8 Å². The first-order valence-electron chi connectivity index (χ1n) is 5.28. The molecule has 0 unspecified atom stereocenters. The van der Waals surface area contributed by atoms with Crippen molar-refractivity contribution in [3.8, 4) is 0 Å². The predicted molar refractivity (Wildman–Crippen MR) is 57.0 cm³/mol. The molecule has 0 aliphatic heterocycles. The molecule has 1 aliphatic carbocycles. The van der Waals surface area contributed by atoms with Crippen molar-refractivity contribution >= 4 is 11.8 Å². The van der Waals surface area contributed by atoms with Gasteiger partial charge in [0, 0.05) is 20.1 Å². The Labute approximate surface area is 90.0 Å². The van der Waals surface area contributed by atoms with Crippen molar-refractivity contribution in [2.75, 3.05) is 26.7 Å². The maximum Gasteiger partial charge on any atom is 0.241 e. The molecule has 0 saturated heterocycles. The Hall–Kier alpha value is -1.10. The lowest BCUT2D eigenvalue weighted by Gasteiger charge is -2.16. The Morgan fingerprint density at radius 3 is 2.47 bits per heavy atom. The molecule has 86 valence electrons. The summed E-state index contributed by atoms with van der Waals surface area (Å²) in [7, 11) is 1.71. The van der Waals surface area contributed by atoms with E-state index in [1.807, 2.05) is 6.92 Å². The zero-order valence-corrected chi connectivity index (χ0v) is 9.38. The first kappa shape index (κ1) is 12.0. The molecule has 0 aromatic rings. The van der Waals surface area contributed by atoms with Crippen LogP contribution < -0.4 is 11.1 Å². The van der Waals surface area contributed by atoms with Crippen LogP contribution in [0.15, 0.2) is 0 Å². The van der Waals surface area contributed by atoms with Crippen molar-refractivity contribution in [1.82, 2.24) is 10.2 Å². The zero-order valence-electron chi connectivity index (χ0n) is 9.38. The molecule has 1 saturated carbocycles. The first-order chi connectivity index (χ1) is 7.05. The largest absolute Gasteiger partial charge is 0.347 e. The Bertz CT molecular complexity index is 261. The molecular weight excluding hydrogens is 194 g/mol. The van der Waals surface area contributed by atoms with Gasteiger partial charge >= 0.3 is 0 Å². The van der Waals surface area contributed by atoms with E-state index in [-0.39, 0.29) is 23.8 Å². The number of amides is 2. The predicted octanol–water partition coefficient (Wildman–Crippen LogP) is -0.680. The van der Waals surface area contributed by atoms with Crippen LogP contribution in [-0.4, -0.2) is 43.4 Å². The summed E-state index contributed by atoms with van der Waals surface area (Å²) in [6, 6.07) is 0. The summed E-state index contributed by atoms with van der Waals surface area (Å²) in [6.07, 6.45) is 1.68. The molecule has 0 aromatic carbocycles. The monoisotopic (exact) mass is 213 g/mol. The van der Waals surface area contributed by atoms with Crippen LogP contribution >= 0.6 is 0 Å². The summed E-state index contributed by atoms with van der Waals surface area (Å²) in [5.41, 5.74) is 5.14. The lowest BCUT2D eigenvalue weighted by atomic mass is 10.1. The zero-order chi connectivity index (χ0) is 11.5. The summed E-state index contributed by atoms with van der Waals surface area (Å²) < 4.78 is 0. The molecule has 1 rings (SSSR count). The summed E-state index contributed by atoms with van der Waals surface area (Å²) in [5.74, 6) is -0.151. The third-order valence-electron chi connectivity index (χ3n) is 3.03. The van der Waals surface area contributed by atoms with Gasteiger partial charge in [-0.2, -0.15) is 0 Å². The Morgan fingerprint density at radius 2 is 2.07 bits per heavy atom. The molecule has 15 heavy (non-hydrogen) atoms. The van der Waals surface area contributed by atoms with E-state index in [1.165, 1.54) is 0 Å². The Morgan fingerprint density at radius 1 is 1.47 bits per heavy atom. The number of hydrogen-bond acceptors (Lipinski definition) is 3. The van der Waals surface area contributed by atoms with E-state index in [4.69, 9.17) is 5.73 Å². The van der Waals surface area contributed by atoms with Gasteiger partial charge in [-0.15, -0.1) is 0 Å². The minimum atomic E-state index is -0.370. The number of nitrogens with two attached hydrogens (primary N) is 1. The van der Waals surface area contributed by atoms with Crippen LogP contribution in [-0.2, 0) is 9.59 Å². The molecule has 1 fully saturated rings. The number of rotatable bonds is 5. The lowest BCUT2D eigenvalue weighted by molar-refractivity contribution is -0.133. The molecule has 1 aliphatic rings. The molecule has 0 spiro atoms. The molecule has 0 bridgehead atoms. The minimum absolute atomic E-state index is 0.0707. The first-order valence-corrected chi connectivity index (χ1v) is 5.28. The van der Waals surface area contributed by atoms with Crippen LogP contribution in [0.5, 0.6) is 0 Å². The van der Waals surface area contributed by atoms with Crippen molar-refractivity contribution in [3.63, 3.8) is 0 Å². The van der Waals surface area contributed by atoms with Gasteiger partial charge in [-0.05, 0) is 19.8 Å². The fourth-order valence-corrected chi connectivity index (χ4v) is 1.33. The standard InChI is InChI=1S/C10H19N3O2/c1-3-13(2)8(14)6-12-9(15)10(7-11)4-5-10/h3-7,11H2,1-2H3,(H,12,15). The topological polar surface area (TPSA) is 75.4 Å². The molecule has 0 heterocycles. The minimum Gasteiger partial charge on any atom is -0.347 e. The van der Waals surface area contributed by atoms with E-state index < -0.39 is 0 Å². The fourth-order valence-electron chi connectivity index (χ4n) is 1.33. The third kappa shape index (κ3) is 2.68. The molecule has 0 atom stereocenters. The van der Waals surface area contributed by atoms with Crippen LogP contribution in [0.4, 0.5) is 0 Å². The van der Waals surface area contributed by atoms with Gasteiger partial charge in [-0.25, -0.2) is 0 Å². The third-order valence-corrected chi connectivity index (χ3v) is 3.03. The quantitative estimate of drug-likeness (QED) is 0.635. The highest BCUT2D eigenvalue weighted by Gasteiger charge is 2.48. The second-order valence-corrected chi connectivity index (χ2v) is 4.08. The molecule has 0 radical (unpaired) electrons. The van der Waals surface area contributed by atoms with Crippen LogP contribution in [0.2, 0.25) is 0 Å². The van der Waals surface area contributed by atoms with Crippen molar-refractivity contribution in [2.24, 2.45) is 11.1 Å². The smallest absolute Gasteiger partial charge is 0.241 e. The fraction of sp³-hybridized carbons (Fsp3) is 0.800. The second kappa shape index (κ2) is 4.61. The SMILES string of the molecule is CCN(C)C(=O)CNC(=O)C1(CN)CC1. The Kier molecular flexibility index (Phi) is 3.68. The van der Waals surface area contributed by atoms with E-state index >= 15 is 0 Å².